The average Bonchev–Trinajstić information content (AvgIpc) is 3.46. The van der Waals surface area contributed by atoms with Gasteiger partial charge >= 0.3 is 5.97 Å². The van der Waals surface area contributed by atoms with E-state index in [2.05, 4.69) is 0 Å². The largest absolute Gasteiger partial charge is 0.454 e. The first-order chi connectivity index (χ1) is 14.9. The van der Waals surface area contributed by atoms with Crippen LogP contribution in [0.15, 0.2) is 60.7 Å². The summed E-state index contributed by atoms with van der Waals surface area (Å²) < 4.78 is 18.1. The molecule has 2 fully saturated rings. The summed E-state index contributed by atoms with van der Waals surface area (Å²) in [5, 5.41) is 0. The number of anilines is 1. The number of esters is 1. The number of amides is 2. The number of imide groups is 1. The van der Waals surface area contributed by atoms with Gasteiger partial charge in [0.05, 0.1) is 23.1 Å². The van der Waals surface area contributed by atoms with Crippen molar-refractivity contribution < 1.29 is 28.3 Å². The van der Waals surface area contributed by atoms with Gasteiger partial charge in [-0.3, -0.25) is 14.4 Å². The van der Waals surface area contributed by atoms with Gasteiger partial charge in [0.25, 0.3) is 0 Å². The van der Waals surface area contributed by atoms with E-state index in [0.717, 1.165) is 18.6 Å². The molecule has 1 aliphatic heterocycles. The van der Waals surface area contributed by atoms with E-state index >= 15 is 0 Å². The molecule has 156 valence electrons. The van der Waals surface area contributed by atoms with Crippen LogP contribution in [0.3, 0.4) is 0 Å². The van der Waals surface area contributed by atoms with Crippen molar-refractivity contribution in [3.63, 3.8) is 0 Å². The van der Waals surface area contributed by atoms with Crippen LogP contribution in [0.5, 0.6) is 0 Å². The predicted octanol–water partition coefficient (Wildman–Crippen LogP) is 3.18. The van der Waals surface area contributed by atoms with Crippen LogP contribution < -0.4 is 4.90 Å². The zero-order valence-electron chi connectivity index (χ0n) is 16.4. The van der Waals surface area contributed by atoms with Crippen molar-refractivity contribution in [2.45, 2.75) is 6.42 Å². The first kappa shape index (κ1) is 19.4. The monoisotopic (exact) mass is 419 g/mol. The Balaban J connectivity index is 1.30. The molecule has 1 saturated heterocycles. The van der Waals surface area contributed by atoms with Gasteiger partial charge in [-0.15, -0.1) is 0 Å². The number of Topliss-reactive ketones (excluding diaryl/α,β-unsaturated/α-hetero) is 1. The third kappa shape index (κ3) is 3.17. The molecule has 3 aliphatic rings. The molecule has 1 saturated carbocycles. The predicted molar refractivity (Wildman–Crippen MR) is 108 cm³/mol. The minimum atomic E-state index is -0.752. The van der Waals surface area contributed by atoms with Crippen molar-refractivity contribution in [2.24, 2.45) is 23.7 Å². The first-order valence-electron chi connectivity index (χ1n) is 10.1. The van der Waals surface area contributed by atoms with Crippen LogP contribution in [0.1, 0.15) is 27.1 Å². The van der Waals surface area contributed by atoms with E-state index in [-0.39, 0.29) is 46.6 Å². The van der Waals surface area contributed by atoms with Gasteiger partial charge in [-0.1, -0.05) is 18.2 Å². The van der Waals surface area contributed by atoms with Gasteiger partial charge in [0, 0.05) is 5.56 Å². The van der Waals surface area contributed by atoms with Crippen molar-refractivity contribution in [1.29, 1.82) is 0 Å². The van der Waals surface area contributed by atoms with E-state index < -0.39 is 24.2 Å². The fourth-order valence-corrected chi connectivity index (χ4v) is 4.86. The highest BCUT2D eigenvalue weighted by Gasteiger charge is 2.59. The maximum absolute atomic E-state index is 13.0. The Bertz CT molecular complexity index is 1110. The summed E-state index contributed by atoms with van der Waals surface area (Å²) in [6, 6.07) is 11.0. The Hall–Kier alpha value is -3.61. The van der Waals surface area contributed by atoms with E-state index in [1.165, 1.54) is 29.2 Å². The Kier molecular flexibility index (Phi) is 4.54. The number of benzene rings is 2. The SMILES string of the molecule is O=C(COC(=O)c1cccc(N2C(=O)[C@@H]3[C@H](C2=O)[C@@H]2C=C[C@H]3C2)c1)c1ccc(F)cc1. The zero-order chi connectivity index (χ0) is 21.7. The lowest BCUT2D eigenvalue weighted by atomic mass is 9.85. The molecule has 4 atom stereocenters. The summed E-state index contributed by atoms with van der Waals surface area (Å²) in [5.74, 6) is -2.61. The van der Waals surface area contributed by atoms with Gasteiger partial charge < -0.3 is 4.74 Å². The van der Waals surface area contributed by atoms with Crippen LogP contribution in [0.25, 0.3) is 0 Å². The summed E-state index contributed by atoms with van der Waals surface area (Å²) in [4.78, 5) is 51.6. The molecule has 6 nitrogen and oxygen atoms in total. The second-order valence-corrected chi connectivity index (χ2v) is 8.07. The van der Waals surface area contributed by atoms with Gasteiger partial charge in [0.15, 0.2) is 12.4 Å². The van der Waals surface area contributed by atoms with Crippen LogP contribution in [0.4, 0.5) is 10.1 Å². The third-order valence-corrected chi connectivity index (χ3v) is 6.31. The fourth-order valence-electron chi connectivity index (χ4n) is 4.86. The Morgan fingerprint density at radius 2 is 1.58 bits per heavy atom. The second kappa shape index (κ2) is 7.27. The molecule has 2 amide bonds. The number of rotatable bonds is 5. The molecule has 0 N–H and O–H groups in total. The average molecular weight is 419 g/mol. The van der Waals surface area contributed by atoms with Crippen molar-refractivity contribution in [1.82, 2.24) is 0 Å². The smallest absolute Gasteiger partial charge is 0.338 e. The molecular weight excluding hydrogens is 401 g/mol. The minimum Gasteiger partial charge on any atom is -0.454 e. The van der Waals surface area contributed by atoms with Crippen LogP contribution in [0, 0.1) is 29.5 Å². The number of hydrogen-bond acceptors (Lipinski definition) is 5. The number of carbonyl (C=O) groups is 4. The highest BCUT2D eigenvalue weighted by Crippen LogP contribution is 2.53. The topological polar surface area (TPSA) is 80.8 Å². The van der Waals surface area contributed by atoms with Crippen molar-refractivity contribution in [3.8, 4) is 0 Å². The number of ether oxygens (including phenoxy) is 1. The summed E-state index contributed by atoms with van der Waals surface area (Å²) in [5.41, 5.74) is 0.678. The molecule has 31 heavy (non-hydrogen) atoms. The molecule has 7 heteroatoms. The van der Waals surface area contributed by atoms with Crippen molar-refractivity contribution in [3.05, 3.63) is 77.6 Å². The number of hydrogen-bond donors (Lipinski definition) is 0. The second-order valence-electron chi connectivity index (χ2n) is 8.07. The number of nitrogens with zero attached hydrogens (tertiary/aromatic N) is 1. The summed E-state index contributed by atoms with van der Waals surface area (Å²) >= 11 is 0. The lowest BCUT2D eigenvalue weighted by Crippen LogP contribution is -2.33. The van der Waals surface area contributed by atoms with E-state index in [4.69, 9.17) is 4.74 Å². The van der Waals surface area contributed by atoms with Crippen LogP contribution in [-0.2, 0) is 14.3 Å². The van der Waals surface area contributed by atoms with Crippen LogP contribution >= 0.6 is 0 Å². The lowest BCUT2D eigenvalue weighted by Gasteiger charge is -2.18. The molecule has 0 unspecified atom stereocenters. The number of ketones is 1. The molecule has 0 aromatic heterocycles. The van der Waals surface area contributed by atoms with E-state index in [9.17, 15) is 23.6 Å². The fraction of sp³-hybridized carbons (Fsp3) is 0.250. The molecule has 2 aromatic rings. The maximum atomic E-state index is 13.0. The molecule has 2 aliphatic carbocycles. The lowest BCUT2D eigenvalue weighted by molar-refractivity contribution is -0.123. The molecule has 0 spiro atoms. The van der Waals surface area contributed by atoms with Gasteiger partial charge in [-0.05, 0) is 60.7 Å². The van der Waals surface area contributed by atoms with Crippen LogP contribution in [0.2, 0.25) is 0 Å². The normalized spacial score (nSPS) is 25.8. The maximum Gasteiger partial charge on any atom is 0.338 e. The Labute approximate surface area is 177 Å². The number of carbonyl (C=O) groups excluding carboxylic acids is 4. The molecule has 5 rings (SSSR count). The van der Waals surface area contributed by atoms with Gasteiger partial charge in [-0.25, -0.2) is 14.1 Å². The minimum absolute atomic E-state index is 0.0991. The first-order valence-corrected chi connectivity index (χ1v) is 10.1. The quantitative estimate of drug-likeness (QED) is 0.322. The van der Waals surface area contributed by atoms with E-state index in [1.807, 2.05) is 12.2 Å². The molecule has 2 bridgehead atoms. The highest BCUT2D eigenvalue weighted by atomic mass is 19.1. The molecular formula is C24H18FNO5. The van der Waals surface area contributed by atoms with Gasteiger partial charge in [0.1, 0.15) is 5.82 Å². The third-order valence-electron chi connectivity index (χ3n) is 6.31. The Morgan fingerprint density at radius 3 is 2.23 bits per heavy atom. The van der Waals surface area contributed by atoms with Crippen molar-refractivity contribution in [2.75, 3.05) is 11.5 Å². The van der Waals surface area contributed by atoms with E-state index in [0.29, 0.717) is 5.69 Å². The Morgan fingerprint density at radius 1 is 0.935 bits per heavy atom. The summed E-state index contributed by atoms with van der Waals surface area (Å²) in [6.45, 7) is -0.505. The van der Waals surface area contributed by atoms with Gasteiger partial charge in [0.2, 0.25) is 11.8 Å². The molecule has 0 radical (unpaired) electrons. The number of halogens is 1. The zero-order valence-corrected chi connectivity index (χ0v) is 16.4. The summed E-state index contributed by atoms with van der Waals surface area (Å²) in [6.07, 6.45) is 4.88. The molecule has 1 heterocycles. The van der Waals surface area contributed by atoms with Gasteiger partial charge in [-0.2, -0.15) is 0 Å². The standard InChI is InChI=1S/C24H18FNO5/c25-17-8-6-13(7-9-17)19(27)12-31-24(30)16-2-1-3-18(11-16)26-22(28)20-14-4-5-15(10-14)21(20)23(26)29/h1-9,11,14-15,20-21H,10,12H2/t14-,15+,20-,21+. The molecule has 2 aromatic carbocycles. The number of allylic oxidation sites excluding steroid dienone is 2. The van der Waals surface area contributed by atoms with Crippen molar-refractivity contribution >= 4 is 29.3 Å². The van der Waals surface area contributed by atoms with Crippen LogP contribution in [-0.4, -0.2) is 30.2 Å². The number of fused-ring (bicyclic) bond motifs is 5. The van der Waals surface area contributed by atoms with E-state index in [1.54, 1.807) is 12.1 Å². The highest BCUT2D eigenvalue weighted by molar-refractivity contribution is 6.23. The summed E-state index contributed by atoms with van der Waals surface area (Å²) in [7, 11) is 0.